The Balaban J connectivity index is 1.87. The average molecular weight is 468 g/mol. The lowest BCUT2D eigenvalue weighted by Crippen LogP contribution is -2.42. The fourth-order valence-electron chi connectivity index (χ4n) is 3.48. The third kappa shape index (κ3) is 4.61. The van der Waals surface area contributed by atoms with Gasteiger partial charge in [-0.25, -0.2) is 8.42 Å². The highest BCUT2D eigenvalue weighted by Gasteiger charge is 2.24. The molecule has 3 rings (SSSR count). The third-order valence-corrected chi connectivity index (χ3v) is 7.57. The Bertz CT molecular complexity index is 928. The summed E-state index contributed by atoms with van der Waals surface area (Å²) >= 11 is 3.31. The number of hydrogen-bond acceptors (Lipinski definition) is 5. The monoisotopic (exact) mass is 467 g/mol. The molecule has 2 aromatic rings. The number of ether oxygens (including phenoxy) is 1. The molecule has 0 amide bonds. The van der Waals surface area contributed by atoms with Gasteiger partial charge in [0.15, 0.2) is 0 Å². The molecule has 1 aliphatic heterocycles. The van der Waals surface area contributed by atoms with Crippen molar-refractivity contribution in [3.05, 3.63) is 46.9 Å². The molecule has 0 bridgehead atoms. The highest BCUT2D eigenvalue weighted by molar-refractivity contribution is 9.10. The van der Waals surface area contributed by atoms with E-state index in [-0.39, 0.29) is 4.90 Å². The lowest BCUT2D eigenvalue weighted by Gasteiger charge is -2.37. The molecule has 0 aromatic heterocycles. The Hall–Kier alpha value is -1.77. The zero-order chi connectivity index (χ0) is 20.3. The third-order valence-electron chi connectivity index (χ3n) is 5.17. The number of rotatable bonds is 6. The van der Waals surface area contributed by atoms with Crippen LogP contribution in [0.3, 0.4) is 0 Å². The van der Waals surface area contributed by atoms with Crippen LogP contribution in [0.15, 0.2) is 51.8 Å². The number of methoxy groups -OCH3 is 1. The van der Waals surface area contributed by atoms with Gasteiger partial charge >= 0.3 is 0 Å². The summed E-state index contributed by atoms with van der Waals surface area (Å²) < 4.78 is 34.4. The molecule has 1 saturated heterocycles. The van der Waals surface area contributed by atoms with Crippen LogP contribution in [0, 0.1) is 0 Å². The standard InChI is InChI=1S/C20H26BrN3O3S/c1-23-12-10-16(11-13-23)24(2)18-14-15(8-9-19(18)27-3)22-28(25,26)20-7-5-4-6-17(20)21/h4-9,14,16,22H,10-13H2,1-3H3. The lowest BCUT2D eigenvalue weighted by molar-refractivity contribution is 0.252. The van der Waals surface area contributed by atoms with Crippen LogP contribution in [0.25, 0.3) is 0 Å². The van der Waals surface area contributed by atoms with Crippen LogP contribution in [-0.2, 0) is 10.0 Å². The van der Waals surface area contributed by atoms with Crippen LogP contribution in [0.5, 0.6) is 5.75 Å². The van der Waals surface area contributed by atoms with Crippen LogP contribution >= 0.6 is 15.9 Å². The molecule has 0 saturated carbocycles. The Morgan fingerprint density at radius 1 is 1.18 bits per heavy atom. The van der Waals surface area contributed by atoms with Gasteiger partial charge in [-0.15, -0.1) is 0 Å². The van der Waals surface area contributed by atoms with Gasteiger partial charge in [0.1, 0.15) is 10.6 Å². The maximum Gasteiger partial charge on any atom is 0.263 e. The zero-order valence-electron chi connectivity index (χ0n) is 16.4. The van der Waals surface area contributed by atoms with Crippen LogP contribution < -0.4 is 14.4 Å². The minimum atomic E-state index is -3.70. The highest BCUT2D eigenvalue weighted by atomic mass is 79.9. The first-order valence-electron chi connectivity index (χ1n) is 9.18. The minimum absolute atomic E-state index is 0.205. The number of anilines is 2. The van der Waals surface area contributed by atoms with E-state index >= 15 is 0 Å². The molecule has 0 unspecified atom stereocenters. The van der Waals surface area contributed by atoms with Crippen molar-refractivity contribution in [2.75, 3.05) is 43.9 Å². The van der Waals surface area contributed by atoms with Crippen molar-refractivity contribution in [3.8, 4) is 5.75 Å². The van der Waals surface area contributed by atoms with Crippen molar-refractivity contribution in [3.63, 3.8) is 0 Å². The molecule has 8 heteroatoms. The number of piperidine rings is 1. The first-order chi connectivity index (χ1) is 13.3. The second-order valence-electron chi connectivity index (χ2n) is 7.07. The number of nitrogens with one attached hydrogen (secondary N) is 1. The molecule has 0 atom stereocenters. The second-order valence-corrected chi connectivity index (χ2v) is 9.57. The van der Waals surface area contributed by atoms with Gasteiger partial charge in [0.05, 0.1) is 18.5 Å². The van der Waals surface area contributed by atoms with Gasteiger partial charge in [0.2, 0.25) is 0 Å². The predicted octanol–water partition coefficient (Wildman–Crippen LogP) is 3.79. The number of halogens is 1. The number of likely N-dealkylation sites (tertiary alicyclic amines) is 1. The molecular formula is C20H26BrN3O3S. The maximum atomic E-state index is 12.8. The summed E-state index contributed by atoms with van der Waals surface area (Å²) in [5, 5.41) is 0. The van der Waals surface area contributed by atoms with E-state index in [2.05, 4.69) is 37.5 Å². The molecule has 1 fully saturated rings. The summed E-state index contributed by atoms with van der Waals surface area (Å²) in [6.45, 7) is 2.09. The van der Waals surface area contributed by atoms with Crippen molar-refractivity contribution >= 4 is 37.3 Å². The topological polar surface area (TPSA) is 61.9 Å². The highest BCUT2D eigenvalue weighted by Crippen LogP contribution is 2.34. The Labute approximate surface area is 175 Å². The molecule has 152 valence electrons. The van der Waals surface area contributed by atoms with Gasteiger partial charge < -0.3 is 14.5 Å². The van der Waals surface area contributed by atoms with Crippen LogP contribution in [0.2, 0.25) is 0 Å². The normalized spacial score (nSPS) is 16.0. The molecule has 0 aliphatic carbocycles. The molecule has 6 nitrogen and oxygen atoms in total. The van der Waals surface area contributed by atoms with Crippen molar-refractivity contribution in [1.29, 1.82) is 0 Å². The Morgan fingerprint density at radius 2 is 1.86 bits per heavy atom. The SMILES string of the molecule is COc1ccc(NS(=O)(=O)c2ccccc2Br)cc1N(C)C1CCN(C)CC1. The zero-order valence-corrected chi connectivity index (χ0v) is 18.8. The molecule has 28 heavy (non-hydrogen) atoms. The molecule has 1 heterocycles. The number of benzene rings is 2. The van der Waals surface area contributed by atoms with Crippen LogP contribution in [0.4, 0.5) is 11.4 Å². The minimum Gasteiger partial charge on any atom is -0.495 e. The molecule has 0 spiro atoms. The fraction of sp³-hybridized carbons (Fsp3) is 0.400. The summed E-state index contributed by atoms with van der Waals surface area (Å²) in [4.78, 5) is 4.72. The molecule has 0 radical (unpaired) electrons. The Kier molecular flexibility index (Phi) is 6.52. The number of hydrogen-bond donors (Lipinski definition) is 1. The van der Waals surface area contributed by atoms with Gasteiger partial charge in [-0.1, -0.05) is 12.1 Å². The largest absolute Gasteiger partial charge is 0.495 e. The summed E-state index contributed by atoms with van der Waals surface area (Å²) in [5.74, 6) is 0.727. The summed E-state index contributed by atoms with van der Waals surface area (Å²) in [6.07, 6.45) is 2.12. The number of nitrogens with zero attached hydrogens (tertiary/aromatic N) is 2. The van der Waals surface area contributed by atoms with E-state index in [4.69, 9.17) is 4.74 Å². The first kappa shape index (κ1) is 21.0. The number of sulfonamides is 1. The van der Waals surface area contributed by atoms with Gasteiger partial charge in [0.25, 0.3) is 10.0 Å². The van der Waals surface area contributed by atoms with E-state index < -0.39 is 10.0 Å². The van der Waals surface area contributed by atoms with E-state index in [0.29, 0.717) is 16.2 Å². The van der Waals surface area contributed by atoms with Gasteiger partial charge in [-0.3, -0.25) is 4.72 Å². The van der Waals surface area contributed by atoms with Crippen molar-refractivity contribution in [2.24, 2.45) is 0 Å². The first-order valence-corrected chi connectivity index (χ1v) is 11.5. The molecule has 1 N–H and O–H groups in total. The van der Waals surface area contributed by atoms with E-state index in [1.165, 1.54) is 0 Å². The predicted molar refractivity (Wildman–Crippen MR) is 117 cm³/mol. The summed E-state index contributed by atoms with van der Waals surface area (Å²) in [6, 6.07) is 12.5. The van der Waals surface area contributed by atoms with Crippen molar-refractivity contribution in [2.45, 2.75) is 23.8 Å². The van der Waals surface area contributed by atoms with Crippen molar-refractivity contribution in [1.82, 2.24) is 4.90 Å². The average Bonchev–Trinajstić information content (AvgIpc) is 2.68. The van der Waals surface area contributed by atoms with E-state index in [9.17, 15) is 8.42 Å². The van der Waals surface area contributed by atoms with Crippen LogP contribution in [-0.4, -0.2) is 53.7 Å². The second kappa shape index (κ2) is 8.71. The quantitative estimate of drug-likeness (QED) is 0.699. The van der Waals surface area contributed by atoms with Gasteiger partial charge in [-0.2, -0.15) is 0 Å². The van der Waals surface area contributed by atoms with Crippen molar-refractivity contribution < 1.29 is 13.2 Å². The van der Waals surface area contributed by atoms with Crippen LogP contribution in [0.1, 0.15) is 12.8 Å². The smallest absolute Gasteiger partial charge is 0.263 e. The molecule has 1 aliphatic rings. The van der Waals surface area contributed by atoms with E-state index in [1.54, 1.807) is 43.5 Å². The maximum absolute atomic E-state index is 12.8. The lowest BCUT2D eigenvalue weighted by atomic mass is 10.0. The summed E-state index contributed by atoms with van der Waals surface area (Å²) in [5.41, 5.74) is 1.38. The Morgan fingerprint density at radius 3 is 2.50 bits per heavy atom. The molecule has 2 aromatic carbocycles. The summed E-state index contributed by atoms with van der Waals surface area (Å²) in [7, 11) is 2.10. The molecular weight excluding hydrogens is 442 g/mol. The van der Waals surface area contributed by atoms with E-state index in [0.717, 1.165) is 37.4 Å². The van der Waals surface area contributed by atoms with Gasteiger partial charge in [0, 0.05) is 17.6 Å². The van der Waals surface area contributed by atoms with E-state index in [1.807, 2.05) is 13.1 Å². The fourth-order valence-corrected chi connectivity index (χ4v) is 5.53. The van der Waals surface area contributed by atoms with Gasteiger partial charge in [-0.05, 0) is 79.2 Å².